The highest BCUT2D eigenvalue weighted by molar-refractivity contribution is 5.81. The summed E-state index contributed by atoms with van der Waals surface area (Å²) in [6.45, 7) is 7.86. The number of aromatic amines is 1. The lowest BCUT2D eigenvalue weighted by atomic mass is 9.97. The average molecular weight is 367 g/mol. The molecule has 0 unspecified atom stereocenters. The highest BCUT2D eigenvalue weighted by Crippen LogP contribution is 2.21. The minimum absolute atomic E-state index is 0.0571. The topological polar surface area (TPSA) is 77.0 Å². The third-order valence-electron chi connectivity index (χ3n) is 4.54. The van der Waals surface area contributed by atoms with Crippen molar-refractivity contribution in [1.29, 1.82) is 0 Å². The standard InChI is InChI=1S/C21H25N3O3/c1-14-16(12-27-20(26)21(2,3)4)17-18(23-14)22-13-24(19(17)25)11-10-15-8-6-5-7-9-15/h5-9,13,23H,10-12H2,1-4H3. The molecule has 27 heavy (non-hydrogen) atoms. The number of hydrogen-bond donors (Lipinski definition) is 1. The van der Waals surface area contributed by atoms with Gasteiger partial charge < -0.3 is 9.72 Å². The van der Waals surface area contributed by atoms with Crippen molar-refractivity contribution < 1.29 is 9.53 Å². The third kappa shape index (κ3) is 4.10. The molecule has 6 heteroatoms. The van der Waals surface area contributed by atoms with Gasteiger partial charge in [0.1, 0.15) is 12.3 Å². The predicted molar refractivity (Wildman–Crippen MR) is 104 cm³/mol. The number of nitrogens with zero attached hydrogens (tertiary/aromatic N) is 2. The van der Waals surface area contributed by atoms with E-state index < -0.39 is 5.41 Å². The molecule has 0 spiro atoms. The van der Waals surface area contributed by atoms with Gasteiger partial charge in [-0.25, -0.2) is 4.98 Å². The molecule has 2 aromatic heterocycles. The number of rotatable bonds is 5. The summed E-state index contributed by atoms with van der Waals surface area (Å²) in [4.78, 5) is 32.6. The normalized spacial score (nSPS) is 11.7. The Hall–Kier alpha value is -2.89. The van der Waals surface area contributed by atoms with Crippen LogP contribution in [0.5, 0.6) is 0 Å². The minimum Gasteiger partial charge on any atom is -0.460 e. The fourth-order valence-electron chi connectivity index (χ4n) is 2.88. The molecule has 1 N–H and O–H groups in total. The Kier molecular flexibility index (Phi) is 5.17. The van der Waals surface area contributed by atoms with Crippen molar-refractivity contribution in [3.8, 4) is 0 Å². The van der Waals surface area contributed by atoms with Crippen molar-refractivity contribution in [1.82, 2.24) is 14.5 Å². The van der Waals surface area contributed by atoms with Crippen molar-refractivity contribution in [3.63, 3.8) is 0 Å². The molecule has 3 rings (SSSR count). The number of carbonyl (C=O) groups is 1. The number of fused-ring (bicyclic) bond motifs is 1. The van der Waals surface area contributed by atoms with E-state index in [-0.39, 0.29) is 18.1 Å². The minimum atomic E-state index is -0.589. The number of carbonyl (C=O) groups excluding carboxylic acids is 1. The fraction of sp³-hybridized carbons (Fsp3) is 0.381. The largest absolute Gasteiger partial charge is 0.460 e. The number of esters is 1. The first-order chi connectivity index (χ1) is 12.8. The van der Waals surface area contributed by atoms with Gasteiger partial charge >= 0.3 is 5.97 Å². The summed E-state index contributed by atoms with van der Waals surface area (Å²) >= 11 is 0. The third-order valence-corrected chi connectivity index (χ3v) is 4.54. The number of aromatic nitrogens is 3. The second-order valence-electron chi connectivity index (χ2n) is 7.76. The van der Waals surface area contributed by atoms with Crippen LogP contribution in [-0.4, -0.2) is 20.5 Å². The lowest BCUT2D eigenvalue weighted by molar-refractivity contribution is -0.154. The van der Waals surface area contributed by atoms with E-state index >= 15 is 0 Å². The van der Waals surface area contributed by atoms with Gasteiger partial charge in [0, 0.05) is 17.8 Å². The van der Waals surface area contributed by atoms with Gasteiger partial charge in [0.05, 0.1) is 17.1 Å². The van der Waals surface area contributed by atoms with Gasteiger partial charge in [0.25, 0.3) is 5.56 Å². The molecule has 0 fully saturated rings. The zero-order valence-corrected chi connectivity index (χ0v) is 16.2. The van der Waals surface area contributed by atoms with Crippen LogP contribution < -0.4 is 5.56 Å². The van der Waals surface area contributed by atoms with Crippen molar-refractivity contribution in [3.05, 3.63) is 63.8 Å². The first-order valence-corrected chi connectivity index (χ1v) is 9.05. The zero-order valence-electron chi connectivity index (χ0n) is 16.2. The van der Waals surface area contributed by atoms with Crippen LogP contribution in [0.2, 0.25) is 0 Å². The number of nitrogens with one attached hydrogen (secondary N) is 1. The molecular weight excluding hydrogens is 342 g/mol. The maximum Gasteiger partial charge on any atom is 0.311 e. The van der Waals surface area contributed by atoms with E-state index in [1.165, 1.54) is 0 Å². The predicted octanol–water partition coefficient (Wildman–Crippen LogP) is 3.37. The van der Waals surface area contributed by atoms with Gasteiger partial charge in [0.2, 0.25) is 0 Å². The first kappa shape index (κ1) is 18.9. The van der Waals surface area contributed by atoms with E-state index in [9.17, 15) is 9.59 Å². The van der Waals surface area contributed by atoms with Crippen molar-refractivity contribution >= 4 is 17.0 Å². The lowest BCUT2D eigenvalue weighted by Gasteiger charge is -2.16. The molecule has 0 bridgehead atoms. The van der Waals surface area contributed by atoms with Crippen molar-refractivity contribution in [2.24, 2.45) is 5.41 Å². The lowest BCUT2D eigenvalue weighted by Crippen LogP contribution is -2.24. The quantitative estimate of drug-likeness (QED) is 0.702. The maximum atomic E-state index is 13.0. The van der Waals surface area contributed by atoms with Crippen LogP contribution in [0.3, 0.4) is 0 Å². The Balaban J connectivity index is 1.88. The first-order valence-electron chi connectivity index (χ1n) is 9.05. The summed E-state index contributed by atoms with van der Waals surface area (Å²) in [5.74, 6) is -0.301. The van der Waals surface area contributed by atoms with E-state index in [4.69, 9.17) is 4.74 Å². The van der Waals surface area contributed by atoms with Crippen LogP contribution in [-0.2, 0) is 29.1 Å². The highest BCUT2D eigenvalue weighted by Gasteiger charge is 2.24. The second kappa shape index (κ2) is 7.39. The fourth-order valence-corrected chi connectivity index (χ4v) is 2.88. The van der Waals surface area contributed by atoms with E-state index in [0.717, 1.165) is 17.7 Å². The van der Waals surface area contributed by atoms with Gasteiger partial charge in [-0.2, -0.15) is 0 Å². The number of hydrogen-bond acceptors (Lipinski definition) is 4. The Morgan fingerprint density at radius 3 is 2.59 bits per heavy atom. The molecule has 0 amide bonds. The molecule has 2 heterocycles. The van der Waals surface area contributed by atoms with Crippen LogP contribution in [0.25, 0.3) is 11.0 Å². The number of aryl methyl sites for hydroxylation is 3. The molecule has 0 atom stereocenters. The molecule has 0 aliphatic carbocycles. The monoisotopic (exact) mass is 367 g/mol. The molecule has 3 aromatic rings. The van der Waals surface area contributed by atoms with Crippen molar-refractivity contribution in [2.45, 2.75) is 47.3 Å². The molecule has 0 saturated heterocycles. The van der Waals surface area contributed by atoms with Crippen LogP contribution in [0.1, 0.15) is 37.6 Å². The highest BCUT2D eigenvalue weighted by atomic mass is 16.5. The Labute approximate surface area is 158 Å². The summed E-state index contributed by atoms with van der Waals surface area (Å²) in [5, 5.41) is 0.491. The Morgan fingerprint density at radius 2 is 1.93 bits per heavy atom. The summed E-state index contributed by atoms with van der Waals surface area (Å²) < 4.78 is 7.04. The molecule has 1 aromatic carbocycles. The van der Waals surface area contributed by atoms with E-state index in [1.807, 2.05) is 37.3 Å². The number of ether oxygens (including phenoxy) is 1. The Bertz CT molecular complexity index is 1010. The van der Waals surface area contributed by atoms with Crippen LogP contribution in [0, 0.1) is 12.3 Å². The van der Waals surface area contributed by atoms with E-state index in [2.05, 4.69) is 9.97 Å². The molecular formula is C21H25N3O3. The summed E-state index contributed by atoms with van der Waals surface area (Å²) in [7, 11) is 0. The number of H-pyrrole nitrogens is 1. The van der Waals surface area contributed by atoms with Gasteiger partial charge in [-0.3, -0.25) is 14.2 Å². The van der Waals surface area contributed by atoms with Gasteiger partial charge in [0.15, 0.2) is 0 Å². The molecule has 0 aliphatic rings. The zero-order chi connectivity index (χ0) is 19.6. The summed E-state index contributed by atoms with van der Waals surface area (Å²) in [6, 6.07) is 10.0. The SMILES string of the molecule is Cc1[nH]c2ncn(CCc3ccccc3)c(=O)c2c1COC(=O)C(C)(C)C. The molecule has 0 radical (unpaired) electrons. The van der Waals surface area contributed by atoms with Gasteiger partial charge in [-0.1, -0.05) is 30.3 Å². The van der Waals surface area contributed by atoms with E-state index in [0.29, 0.717) is 23.1 Å². The smallest absolute Gasteiger partial charge is 0.311 e. The summed E-state index contributed by atoms with van der Waals surface area (Å²) in [5.41, 5.74) is 2.45. The number of benzene rings is 1. The molecule has 0 aliphatic heterocycles. The van der Waals surface area contributed by atoms with Gasteiger partial charge in [-0.15, -0.1) is 0 Å². The van der Waals surface area contributed by atoms with Crippen LogP contribution in [0.4, 0.5) is 0 Å². The van der Waals surface area contributed by atoms with E-state index in [1.54, 1.807) is 31.7 Å². The second-order valence-corrected chi connectivity index (χ2v) is 7.76. The van der Waals surface area contributed by atoms with Crippen LogP contribution in [0.15, 0.2) is 41.5 Å². The molecule has 142 valence electrons. The van der Waals surface area contributed by atoms with Crippen molar-refractivity contribution in [2.75, 3.05) is 0 Å². The Morgan fingerprint density at radius 1 is 1.22 bits per heavy atom. The maximum absolute atomic E-state index is 13.0. The molecule has 6 nitrogen and oxygen atoms in total. The molecule has 0 saturated carbocycles. The average Bonchev–Trinajstić information content (AvgIpc) is 2.95. The van der Waals surface area contributed by atoms with Gasteiger partial charge in [-0.05, 0) is 39.7 Å². The summed E-state index contributed by atoms with van der Waals surface area (Å²) in [6.07, 6.45) is 2.31. The van der Waals surface area contributed by atoms with Crippen LogP contribution >= 0.6 is 0 Å².